The molecule has 0 aromatic rings. The Bertz CT molecular complexity index is 1110. The number of esters is 3. The van der Waals surface area contributed by atoms with Crippen LogP contribution in [0, 0.1) is 0 Å². The molecule has 0 aromatic carbocycles. The van der Waals surface area contributed by atoms with E-state index >= 15 is 0 Å². The molecule has 0 rings (SSSR count). The topological polar surface area (TPSA) is 78.9 Å². The number of hydrogen-bond donors (Lipinski definition) is 0. The Morgan fingerprint density at radius 3 is 0.739 bits per heavy atom. The molecule has 0 saturated carbocycles. The molecule has 0 radical (unpaired) electrons. The SMILES string of the molecule is CCCCCC/C=C/CCCCCCCCCC(=O)OC[C@H](COC(=O)CCCCCCCCCCCCCCCCCCCCC)OC(=O)CCCCCCCCC/C=C/CCCCCCCC. The summed E-state index contributed by atoms with van der Waals surface area (Å²) >= 11 is 0. The van der Waals surface area contributed by atoms with E-state index in [-0.39, 0.29) is 31.1 Å². The maximum absolute atomic E-state index is 12.9. The number of carbonyl (C=O) groups is 3. The first-order valence-electron chi connectivity index (χ1n) is 30.8. The molecule has 0 aliphatic carbocycles. The van der Waals surface area contributed by atoms with Gasteiger partial charge in [0.2, 0.25) is 0 Å². The second kappa shape index (κ2) is 58.5. The van der Waals surface area contributed by atoms with Crippen molar-refractivity contribution in [3.8, 4) is 0 Å². The minimum Gasteiger partial charge on any atom is -0.462 e. The molecule has 0 N–H and O–H groups in total. The average Bonchev–Trinajstić information content (AvgIpc) is 3.35. The molecule has 0 fully saturated rings. The first-order chi connectivity index (χ1) is 34.0. The zero-order valence-electron chi connectivity index (χ0n) is 46.6. The van der Waals surface area contributed by atoms with Crippen molar-refractivity contribution < 1.29 is 28.6 Å². The van der Waals surface area contributed by atoms with Crippen LogP contribution in [0.1, 0.15) is 342 Å². The fourth-order valence-corrected chi connectivity index (χ4v) is 9.26. The minimum absolute atomic E-state index is 0.0695. The summed E-state index contributed by atoms with van der Waals surface area (Å²) in [5.74, 6) is -0.855. The predicted molar refractivity (Wildman–Crippen MR) is 298 cm³/mol. The lowest BCUT2D eigenvalue weighted by atomic mass is 10.0. The van der Waals surface area contributed by atoms with E-state index in [1.165, 1.54) is 244 Å². The van der Waals surface area contributed by atoms with E-state index < -0.39 is 6.10 Å². The molecule has 0 amide bonds. The van der Waals surface area contributed by atoms with E-state index in [0.717, 1.165) is 57.8 Å². The standard InChI is InChI=1S/C63H118O6/c1-4-7-10-13-16-19-22-25-28-30-31-33-35-38-41-44-47-50-53-56-62(65)68-59-60(58-67-61(64)55-52-49-46-43-40-37-34-27-24-21-18-15-12-9-6-3)69-63(66)57-54-51-48-45-42-39-36-32-29-26-23-20-17-14-11-8-5-2/h21,24,26,29,60H,4-20,22-23,25,27-28,30-59H2,1-3H3/b24-21+,29-26+/t60-/m1/s1. The van der Waals surface area contributed by atoms with Crippen molar-refractivity contribution >= 4 is 17.9 Å². The van der Waals surface area contributed by atoms with E-state index in [9.17, 15) is 14.4 Å². The molecule has 0 aromatic heterocycles. The van der Waals surface area contributed by atoms with Gasteiger partial charge in [-0.05, 0) is 70.6 Å². The Hall–Kier alpha value is -2.11. The second-order valence-corrected chi connectivity index (χ2v) is 21.0. The van der Waals surface area contributed by atoms with Gasteiger partial charge in [0, 0.05) is 19.3 Å². The number of ether oxygens (including phenoxy) is 3. The zero-order chi connectivity index (χ0) is 50.0. The average molecular weight is 972 g/mol. The third-order valence-corrected chi connectivity index (χ3v) is 13.9. The molecule has 0 bridgehead atoms. The smallest absolute Gasteiger partial charge is 0.306 e. The monoisotopic (exact) mass is 971 g/mol. The minimum atomic E-state index is -0.772. The Labute approximate surface area is 430 Å². The van der Waals surface area contributed by atoms with E-state index in [1.54, 1.807) is 0 Å². The fraction of sp³-hybridized carbons (Fsp3) is 0.889. The highest BCUT2D eigenvalue weighted by molar-refractivity contribution is 5.71. The van der Waals surface area contributed by atoms with Crippen LogP contribution >= 0.6 is 0 Å². The Kier molecular flexibility index (Phi) is 56.7. The number of rotatable bonds is 57. The Morgan fingerprint density at radius 1 is 0.275 bits per heavy atom. The van der Waals surface area contributed by atoms with Crippen molar-refractivity contribution in [1.82, 2.24) is 0 Å². The van der Waals surface area contributed by atoms with Crippen LogP contribution in [0.5, 0.6) is 0 Å². The normalized spacial score (nSPS) is 12.1. The highest BCUT2D eigenvalue weighted by Crippen LogP contribution is 2.17. The quantitative estimate of drug-likeness (QED) is 0.0261. The molecule has 6 nitrogen and oxygen atoms in total. The van der Waals surface area contributed by atoms with Crippen molar-refractivity contribution in [2.24, 2.45) is 0 Å². The van der Waals surface area contributed by atoms with Gasteiger partial charge in [0.15, 0.2) is 6.10 Å². The van der Waals surface area contributed by atoms with Crippen LogP contribution in [-0.2, 0) is 28.6 Å². The summed E-state index contributed by atoms with van der Waals surface area (Å²) in [7, 11) is 0. The van der Waals surface area contributed by atoms with Gasteiger partial charge in [-0.1, -0.05) is 276 Å². The summed E-state index contributed by atoms with van der Waals surface area (Å²) in [6, 6.07) is 0. The van der Waals surface area contributed by atoms with Crippen molar-refractivity contribution in [3.05, 3.63) is 24.3 Å². The Balaban J connectivity index is 4.32. The van der Waals surface area contributed by atoms with Crippen molar-refractivity contribution in [2.45, 2.75) is 348 Å². The summed E-state index contributed by atoms with van der Waals surface area (Å²) in [6.45, 7) is 6.68. The lowest BCUT2D eigenvalue weighted by Gasteiger charge is -2.18. The summed E-state index contributed by atoms with van der Waals surface area (Å²) < 4.78 is 16.9. The highest BCUT2D eigenvalue weighted by Gasteiger charge is 2.19. The van der Waals surface area contributed by atoms with Crippen molar-refractivity contribution in [2.75, 3.05) is 13.2 Å². The molecule has 0 unspecified atom stereocenters. The molecule has 1 atom stereocenters. The van der Waals surface area contributed by atoms with Gasteiger partial charge >= 0.3 is 17.9 Å². The van der Waals surface area contributed by atoms with Gasteiger partial charge in [-0.2, -0.15) is 0 Å². The number of hydrogen-bond acceptors (Lipinski definition) is 6. The van der Waals surface area contributed by atoms with Crippen LogP contribution < -0.4 is 0 Å². The molecular weight excluding hydrogens is 853 g/mol. The van der Waals surface area contributed by atoms with Crippen molar-refractivity contribution in [3.63, 3.8) is 0 Å². The number of allylic oxidation sites excluding steroid dienone is 4. The van der Waals surface area contributed by atoms with E-state index in [1.807, 2.05) is 0 Å². The zero-order valence-corrected chi connectivity index (χ0v) is 46.6. The van der Waals surface area contributed by atoms with E-state index in [4.69, 9.17) is 14.2 Å². The molecule has 0 saturated heterocycles. The lowest BCUT2D eigenvalue weighted by molar-refractivity contribution is -0.167. The van der Waals surface area contributed by atoms with Crippen LogP contribution in [0.2, 0.25) is 0 Å². The summed E-state index contributed by atoms with van der Waals surface area (Å²) in [6.07, 6.45) is 68.9. The summed E-state index contributed by atoms with van der Waals surface area (Å²) in [5.41, 5.74) is 0. The molecule has 69 heavy (non-hydrogen) atoms. The summed E-state index contributed by atoms with van der Waals surface area (Å²) in [4.78, 5) is 38.2. The van der Waals surface area contributed by atoms with Gasteiger partial charge in [0.25, 0.3) is 0 Å². The summed E-state index contributed by atoms with van der Waals surface area (Å²) in [5, 5.41) is 0. The molecule has 0 aliphatic rings. The van der Waals surface area contributed by atoms with Crippen LogP contribution in [0.3, 0.4) is 0 Å². The maximum Gasteiger partial charge on any atom is 0.306 e. The highest BCUT2D eigenvalue weighted by atomic mass is 16.6. The van der Waals surface area contributed by atoms with Gasteiger partial charge in [0.05, 0.1) is 0 Å². The molecule has 0 spiro atoms. The van der Waals surface area contributed by atoms with Gasteiger partial charge < -0.3 is 14.2 Å². The molecule has 0 heterocycles. The lowest BCUT2D eigenvalue weighted by Crippen LogP contribution is -2.30. The van der Waals surface area contributed by atoms with Crippen LogP contribution in [-0.4, -0.2) is 37.2 Å². The second-order valence-electron chi connectivity index (χ2n) is 21.0. The fourth-order valence-electron chi connectivity index (χ4n) is 9.26. The van der Waals surface area contributed by atoms with Crippen molar-refractivity contribution in [1.29, 1.82) is 0 Å². The maximum atomic E-state index is 12.9. The Morgan fingerprint density at radius 2 is 0.478 bits per heavy atom. The first kappa shape index (κ1) is 66.9. The molecule has 6 heteroatoms. The van der Waals surface area contributed by atoms with Gasteiger partial charge in [-0.3, -0.25) is 14.4 Å². The molecule has 406 valence electrons. The van der Waals surface area contributed by atoms with Gasteiger partial charge in [-0.15, -0.1) is 0 Å². The largest absolute Gasteiger partial charge is 0.462 e. The van der Waals surface area contributed by atoms with Gasteiger partial charge in [-0.25, -0.2) is 0 Å². The van der Waals surface area contributed by atoms with E-state index in [2.05, 4.69) is 45.1 Å². The molecular formula is C63H118O6. The molecule has 0 aliphatic heterocycles. The van der Waals surface area contributed by atoms with Crippen LogP contribution in [0.4, 0.5) is 0 Å². The van der Waals surface area contributed by atoms with Crippen LogP contribution in [0.15, 0.2) is 24.3 Å². The number of carbonyl (C=O) groups excluding carboxylic acids is 3. The van der Waals surface area contributed by atoms with Gasteiger partial charge in [0.1, 0.15) is 13.2 Å². The predicted octanol–water partition coefficient (Wildman–Crippen LogP) is 20.7. The first-order valence-corrected chi connectivity index (χ1v) is 30.8. The van der Waals surface area contributed by atoms with E-state index in [0.29, 0.717) is 19.3 Å². The number of unbranched alkanes of at least 4 members (excludes halogenated alkanes) is 42. The third-order valence-electron chi connectivity index (χ3n) is 13.9. The van der Waals surface area contributed by atoms with Crippen LogP contribution in [0.25, 0.3) is 0 Å². The third kappa shape index (κ3) is 56.7.